The Bertz CT molecular complexity index is 479. The van der Waals surface area contributed by atoms with Crippen LogP contribution in [0.4, 0.5) is 0 Å². The average Bonchev–Trinajstić information content (AvgIpc) is 2.38. The van der Waals surface area contributed by atoms with E-state index in [1.807, 2.05) is 0 Å². The third kappa shape index (κ3) is 7.73. The van der Waals surface area contributed by atoms with Crippen molar-refractivity contribution in [1.82, 2.24) is 0 Å². The summed E-state index contributed by atoms with van der Waals surface area (Å²) in [6, 6.07) is 4.69. The van der Waals surface area contributed by atoms with Crippen molar-refractivity contribution in [3.05, 3.63) is 18.2 Å². The van der Waals surface area contributed by atoms with Gasteiger partial charge >= 0.3 is 11.9 Å². The highest BCUT2D eigenvalue weighted by Gasteiger charge is 2.14. The molecule has 1 aromatic rings. The van der Waals surface area contributed by atoms with Crippen molar-refractivity contribution in [1.29, 1.82) is 0 Å². The van der Waals surface area contributed by atoms with E-state index in [1.54, 1.807) is 18.2 Å². The summed E-state index contributed by atoms with van der Waals surface area (Å²) < 4.78 is 19.1. The molecule has 0 saturated heterocycles. The molecule has 0 aliphatic heterocycles. The third-order valence-corrected chi connectivity index (χ3v) is 2.52. The van der Waals surface area contributed by atoms with Crippen molar-refractivity contribution < 1.29 is 33.0 Å². The Hall–Kier alpha value is -2.35. The Morgan fingerprint density at radius 1 is 0.905 bits per heavy atom. The van der Waals surface area contributed by atoms with Crippen molar-refractivity contribution >= 4 is 28.4 Å². The van der Waals surface area contributed by atoms with E-state index >= 15 is 0 Å². The maximum absolute atomic E-state index is 10.8. The zero-order valence-corrected chi connectivity index (χ0v) is 14.6. The highest BCUT2D eigenvalue weighted by molar-refractivity contribution is 6.04. The predicted octanol–water partition coefficient (Wildman–Crippen LogP) is 0.376. The van der Waals surface area contributed by atoms with Crippen LogP contribution in [-0.4, -0.2) is 35.5 Å². The van der Waals surface area contributed by atoms with E-state index in [2.05, 4.69) is 4.43 Å². The van der Waals surface area contributed by atoms with Crippen LogP contribution in [0.25, 0.3) is 0 Å². The first kappa shape index (κ1) is 18.6. The van der Waals surface area contributed by atoms with Crippen LogP contribution < -0.4 is 14.2 Å². The van der Waals surface area contributed by atoms with Crippen LogP contribution in [-0.2, 0) is 18.8 Å². The maximum atomic E-state index is 10.8. The van der Waals surface area contributed by atoms with Gasteiger partial charge in [0.1, 0.15) is 0 Å². The van der Waals surface area contributed by atoms with Gasteiger partial charge in [-0.2, -0.15) is 0 Å². The van der Waals surface area contributed by atoms with Crippen LogP contribution in [0.5, 0.6) is 17.2 Å². The highest BCUT2D eigenvalue weighted by atomic mass is 28.2. The molecule has 1 aromatic carbocycles. The highest BCUT2D eigenvalue weighted by Crippen LogP contribution is 2.36. The molecule has 116 valence electrons. The molecule has 7 nitrogen and oxygen atoms in total. The molecule has 0 heterocycles. The van der Waals surface area contributed by atoms with E-state index in [9.17, 15) is 14.4 Å². The third-order valence-electron chi connectivity index (χ3n) is 1.94. The number of hydrogen-bond donors (Lipinski definition) is 0. The van der Waals surface area contributed by atoms with Crippen molar-refractivity contribution in [2.45, 2.75) is 20.8 Å². The molecule has 0 saturated carbocycles. The van der Waals surface area contributed by atoms with Gasteiger partial charge in [0.2, 0.25) is 16.2 Å². The van der Waals surface area contributed by atoms with Gasteiger partial charge in [0.25, 0.3) is 5.97 Å². The van der Waals surface area contributed by atoms with Crippen LogP contribution >= 0.6 is 0 Å². The molecule has 1 rings (SSSR count). The summed E-state index contributed by atoms with van der Waals surface area (Å²) in [5, 5.41) is 0. The number of hydrogen-bond acceptors (Lipinski definition) is 7. The molecule has 0 N–H and O–H groups in total. The first-order chi connectivity index (χ1) is 9.81. The number of benzene rings is 1. The number of rotatable bonds is 3. The largest absolute Gasteiger partial charge is 0.529 e. The van der Waals surface area contributed by atoms with Gasteiger partial charge in [0.15, 0.2) is 11.5 Å². The lowest BCUT2D eigenvalue weighted by atomic mass is 10.3. The molecular weight excluding hydrogens is 296 g/mol. The fourth-order valence-electron chi connectivity index (χ4n) is 1.17. The lowest BCUT2D eigenvalue weighted by Crippen LogP contribution is -2.06. The maximum Gasteiger partial charge on any atom is 0.308 e. The number of carbonyl (C=O) groups excluding carboxylic acids is 3. The van der Waals surface area contributed by atoms with Crippen molar-refractivity contribution in [3.8, 4) is 17.2 Å². The van der Waals surface area contributed by atoms with Gasteiger partial charge < -0.3 is 18.6 Å². The van der Waals surface area contributed by atoms with Gasteiger partial charge in [-0.25, -0.2) is 0 Å². The van der Waals surface area contributed by atoms with E-state index in [-0.39, 0.29) is 23.2 Å². The topological polar surface area (TPSA) is 88.1 Å². The van der Waals surface area contributed by atoms with Crippen LogP contribution in [0.15, 0.2) is 18.2 Å². The van der Waals surface area contributed by atoms with E-state index in [4.69, 9.17) is 14.2 Å². The average molecular weight is 314 g/mol. The Labute approximate surface area is 125 Å². The van der Waals surface area contributed by atoms with Crippen molar-refractivity contribution in [2.24, 2.45) is 0 Å². The smallest absolute Gasteiger partial charge is 0.308 e. The molecule has 0 unspecified atom stereocenters. The van der Waals surface area contributed by atoms with Crippen LogP contribution in [0.1, 0.15) is 20.8 Å². The first-order valence-electron chi connectivity index (χ1n) is 5.90. The molecule has 0 bridgehead atoms. The molecule has 0 fully saturated rings. The number of esters is 2. The molecule has 0 aliphatic carbocycles. The van der Waals surface area contributed by atoms with Crippen molar-refractivity contribution in [3.63, 3.8) is 0 Å². The molecule has 0 aliphatic rings. The summed E-state index contributed by atoms with van der Waals surface area (Å²) in [4.78, 5) is 31.3. The van der Waals surface area contributed by atoms with Crippen LogP contribution in [0, 0.1) is 0 Å². The van der Waals surface area contributed by atoms with Gasteiger partial charge in [-0.15, -0.1) is 0 Å². The summed E-state index contributed by atoms with van der Waals surface area (Å²) >= 11 is 0. The second kappa shape index (κ2) is 9.53. The van der Waals surface area contributed by atoms with Gasteiger partial charge in [0.05, 0.1) is 7.11 Å². The molecule has 0 aromatic heterocycles. The first-order valence-corrected chi connectivity index (χ1v) is 6.71. The van der Waals surface area contributed by atoms with E-state index < -0.39 is 11.9 Å². The molecule has 0 spiro atoms. The lowest BCUT2D eigenvalue weighted by Gasteiger charge is -2.11. The molecular formula is C13H18O7Si. The van der Waals surface area contributed by atoms with Gasteiger partial charge in [0, 0.05) is 20.8 Å². The van der Waals surface area contributed by atoms with Crippen molar-refractivity contribution in [2.75, 3.05) is 7.11 Å². The number of para-hydroxylation sites is 1. The van der Waals surface area contributed by atoms with Gasteiger partial charge in [-0.05, 0) is 12.1 Å². The fourth-order valence-corrected chi connectivity index (χ4v) is 1.17. The summed E-state index contributed by atoms with van der Waals surface area (Å²) in [5.41, 5.74) is 0. The van der Waals surface area contributed by atoms with Crippen LogP contribution in [0.3, 0.4) is 0 Å². The van der Waals surface area contributed by atoms with E-state index in [0.29, 0.717) is 10.5 Å². The second-order valence-electron chi connectivity index (χ2n) is 3.67. The number of ether oxygens (including phenoxy) is 3. The number of methoxy groups -OCH3 is 1. The molecule has 0 atom stereocenters. The van der Waals surface area contributed by atoms with E-state index in [1.165, 1.54) is 27.9 Å². The zero-order chi connectivity index (χ0) is 16.4. The standard InChI is InChI=1S/C11H12O5.C2H6O2Si/c1-7(12)15-9-5-4-6-10(11(9)14-3)16-8(2)13;1-2(3)4-5/h4-6H,1-3H3;1,5H3. The molecule has 21 heavy (non-hydrogen) atoms. The SMILES string of the molecule is CC(=O)O[SiH3].COc1c(OC(C)=O)cccc1OC(C)=O. The summed E-state index contributed by atoms with van der Waals surface area (Å²) in [6.07, 6.45) is 0. The fraction of sp³-hybridized carbons (Fsp3) is 0.308. The number of carbonyl (C=O) groups is 3. The summed E-state index contributed by atoms with van der Waals surface area (Å²) in [7, 11) is 1.92. The summed E-state index contributed by atoms with van der Waals surface area (Å²) in [6.45, 7) is 3.95. The minimum atomic E-state index is -0.474. The monoisotopic (exact) mass is 314 g/mol. The van der Waals surface area contributed by atoms with E-state index in [0.717, 1.165) is 0 Å². The predicted molar refractivity (Wildman–Crippen MR) is 77.3 cm³/mol. The minimum Gasteiger partial charge on any atom is -0.529 e. The molecule has 0 radical (unpaired) electrons. The normalized spacial score (nSPS) is 8.95. The Balaban J connectivity index is 0.000000690. The lowest BCUT2D eigenvalue weighted by molar-refractivity contribution is -0.132. The second-order valence-corrected chi connectivity index (χ2v) is 4.08. The zero-order valence-electron chi connectivity index (χ0n) is 12.6. The molecule has 0 amide bonds. The Kier molecular flexibility index (Phi) is 8.47. The van der Waals surface area contributed by atoms with Gasteiger partial charge in [-0.1, -0.05) is 6.07 Å². The van der Waals surface area contributed by atoms with Gasteiger partial charge in [-0.3, -0.25) is 14.4 Å². The Morgan fingerprint density at radius 2 is 1.29 bits per heavy atom. The molecule has 8 heteroatoms. The minimum absolute atomic E-state index is 0.184. The Morgan fingerprint density at radius 3 is 1.52 bits per heavy atom. The summed E-state index contributed by atoms with van der Waals surface area (Å²) in [5.74, 6) is -0.483. The van der Waals surface area contributed by atoms with Crippen LogP contribution in [0.2, 0.25) is 0 Å². The quantitative estimate of drug-likeness (QED) is 0.452.